The number of halogens is 1. The molecule has 0 aliphatic carbocycles. The van der Waals surface area contributed by atoms with E-state index in [9.17, 15) is 4.39 Å². The molecule has 0 unspecified atom stereocenters. The molecule has 1 aliphatic rings. The van der Waals surface area contributed by atoms with Gasteiger partial charge in [-0.1, -0.05) is 6.07 Å². The average molecular weight is 386 g/mol. The Morgan fingerprint density at radius 3 is 2.86 bits per heavy atom. The zero-order valence-electron chi connectivity index (χ0n) is 16.0. The second-order valence-corrected chi connectivity index (χ2v) is 6.90. The molecule has 0 bridgehead atoms. The molecular weight excluding hydrogens is 367 g/mol. The Morgan fingerprint density at radius 1 is 1.10 bits per heavy atom. The summed E-state index contributed by atoms with van der Waals surface area (Å²) < 4.78 is 19.7. The number of pyridine rings is 1. The summed E-state index contributed by atoms with van der Waals surface area (Å²) >= 11 is 0. The van der Waals surface area contributed by atoms with Crippen LogP contribution in [0.15, 0.2) is 60.9 Å². The van der Waals surface area contributed by atoms with Crippen molar-refractivity contribution in [1.82, 2.24) is 15.0 Å². The van der Waals surface area contributed by atoms with Crippen LogP contribution in [0.1, 0.15) is 12.5 Å². The third-order valence-corrected chi connectivity index (χ3v) is 5.08. The topological polar surface area (TPSA) is 51.1 Å². The summed E-state index contributed by atoms with van der Waals surface area (Å²) in [5.41, 5.74) is 3.61. The first-order valence-electron chi connectivity index (χ1n) is 9.64. The Balaban J connectivity index is 1.74. The number of hydrogen-bond donors (Lipinski definition) is 0. The Kier molecular flexibility index (Phi) is 4.31. The Morgan fingerprint density at radius 2 is 2.03 bits per heavy atom. The molecule has 1 aliphatic heterocycles. The molecule has 0 spiro atoms. The molecule has 0 saturated carbocycles. The third kappa shape index (κ3) is 3.16. The lowest BCUT2D eigenvalue weighted by Crippen LogP contribution is -2.16. The number of aromatic nitrogens is 3. The van der Waals surface area contributed by atoms with E-state index < -0.39 is 0 Å². The molecule has 5 rings (SSSR count). The van der Waals surface area contributed by atoms with Gasteiger partial charge in [0.1, 0.15) is 17.4 Å². The van der Waals surface area contributed by atoms with Gasteiger partial charge in [0.2, 0.25) is 0 Å². The average Bonchev–Trinajstić information content (AvgIpc) is 3.17. The van der Waals surface area contributed by atoms with E-state index in [1.165, 1.54) is 6.07 Å². The highest BCUT2D eigenvalue weighted by molar-refractivity contribution is 5.94. The molecule has 0 radical (unpaired) electrons. The summed E-state index contributed by atoms with van der Waals surface area (Å²) in [7, 11) is 0. The van der Waals surface area contributed by atoms with Crippen molar-refractivity contribution < 1.29 is 9.13 Å². The molecule has 0 fully saturated rings. The summed E-state index contributed by atoms with van der Waals surface area (Å²) in [5, 5.41) is 0.876. The fraction of sp³-hybridized carbons (Fsp3) is 0.174. The van der Waals surface area contributed by atoms with Crippen LogP contribution in [-0.2, 0) is 6.42 Å². The van der Waals surface area contributed by atoms with Gasteiger partial charge >= 0.3 is 0 Å². The van der Waals surface area contributed by atoms with Crippen LogP contribution in [0.3, 0.4) is 0 Å². The van der Waals surface area contributed by atoms with E-state index in [0.29, 0.717) is 12.4 Å². The second kappa shape index (κ2) is 7.13. The van der Waals surface area contributed by atoms with Crippen molar-refractivity contribution in [2.75, 3.05) is 18.1 Å². The Hall–Kier alpha value is -3.54. The maximum absolute atomic E-state index is 14.0. The molecule has 2 aromatic heterocycles. The van der Waals surface area contributed by atoms with Crippen molar-refractivity contribution in [3.05, 3.63) is 72.3 Å². The van der Waals surface area contributed by atoms with Crippen LogP contribution in [0, 0.1) is 5.82 Å². The van der Waals surface area contributed by atoms with Crippen molar-refractivity contribution in [2.45, 2.75) is 13.3 Å². The Labute approximate surface area is 167 Å². The molecule has 4 aromatic rings. The predicted molar refractivity (Wildman–Crippen MR) is 111 cm³/mol. The summed E-state index contributed by atoms with van der Waals surface area (Å²) in [5.74, 6) is 1.85. The summed E-state index contributed by atoms with van der Waals surface area (Å²) in [6, 6.07) is 14.5. The monoisotopic (exact) mass is 386 g/mol. The minimum absolute atomic E-state index is 0.253. The van der Waals surface area contributed by atoms with Crippen LogP contribution in [0.4, 0.5) is 15.9 Å². The number of rotatable bonds is 4. The summed E-state index contributed by atoms with van der Waals surface area (Å²) in [4.78, 5) is 15.9. The number of nitrogens with zero attached hydrogens (tertiary/aromatic N) is 4. The van der Waals surface area contributed by atoms with Gasteiger partial charge in [-0.2, -0.15) is 0 Å². The quantitative estimate of drug-likeness (QED) is 0.498. The van der Waals surface area contributed by atoms with Crippen molar-refractivity contribution >= 4 is 22.4 Å². The van der Waals surface area contributed by atoms with Crippen LogP contribution < -0.4 is 9.64 Å². The molecule has 6 heteroatoms. The molecule has 144 valence electrons. The van der Waals surface area contributed by atoms with E-state index in [4.69, 9.17) is 14.7 Å². The van der Waals surface area contributed by atoms with Gasteiger partial charge in [0, 0.05) is 35.6 Å². The summed E-state index contributed by atoms with van der Waals surface area (Å²) in [6.07, 6.45) is 4.31. The number of hydrogen-bond acceptors (Lipinski definition) is 5. The lowest BCUT2D eigenvalue weighted by molar-refractivity contribution is 0.340. The van der Waals surface area contributed by atoms with Gasteiger partial charge in [0.25, 0.3) is 0 Å². The van der Waals surface area contributed by atoms with Crippen molar-refractivity contribution in [2.24, 2.45) is 0 Å². The maximum atomic E-state index is 14.0. The van der Waals surface area contributed by atoms with E-state index in [1.54, 1.807) is 18.5 Å². The van der Waals surface area contributed by atoms with E-state index in [1.807, 2.05) is 43.3 Å². The number of anilines is 2. The lowest BCUT2D eigenvalue weighted by Gasteiger charge is -2.21. The maximum Gasteiger partial charge on any atom is 0.163 e. The second-order valence-electron chi connectivity index (χ2n) is 6.90. The highest BCUT2D eigenvalue weighted by Gasteiger charge is 2.25. The zero-order chi connectivity index (χ0) is 19.8. The van der Waals surface area contributed by atoms with E-state index >= 15 is 0 Å². The van der Waals surface area contributed by atoms with Gasteiger partial charge in [-0.3, -0.25) is 4.98 Å². The SMILES string of the molecule is CCOc1ccc2nc(-c3cccnc3)nc(N3CCc4ccc(F)cc43)c2c1. The van der Waals surface area contributed by atoms with Crippen LogP contribution in [0.5, 0.6) is 5.75 Å². The van der Waals surface area contributed by atoms with Gasteiger partial charge in [0.15, 0.2) is 5.82 Å². The third-order valence-electron chi connectivity index (χ3n) is 5.08. The van der Waals surface area contributed by atoms with Gasteiger partial charge in [-0.05, 0) is 61.4 Å². The minimum atomic E-state index is -0.253. The molecule has 29 heavy (non-hydrogen) atoms. The van der Waals surface area contributed by atoms with E-state index in [-0.39, 0.29) is 5.82 Å². The highest BCUT2D eigenvalue weighted by atomic mass is 19.1. The molecule has 0 N–H and O–H groups in total. The normalized spacial score (nSPS) is 13.0. The van der Waals surface area contributed by atoms with Crippen molar-refractivity contribution in [3.63, 3.8) is 0 Å². The van der Waals surface area contributed by atoms with Crippen molar-refractivity contribution in [3.8, 4) is 17.1 Å². The lowest BCUT2D eigenvalue weighted by atomic mass is 10.1. The standard InChI is InChI=1S/C23H19FN4O/c1-2-29-18-7-8-20-19(13-18)23(27-22(26-20)16-4-3-10-25-14-16)28-11-9-15-5-6-17(24)12-21(15)28/h3-8,10,12-14H,2,9,11H2,1H3. The molecule has 0 amide bonds. The minimum Gasteiger partial charge on any atom is -0.494 e. The molecule has 2 aromatic carbocycles. The molecular formula is C23H19FN4O. The van der Waals surface area contributed by atoms with Crippen LogP contribution in [0.2, 0.25) is 0 Å². The highest BCUT2D eigenvalue weighted by Crippen LogP contribution is 2.39. The van der Waals surface area contributed by atoms with Crippen LogP contribution in [0.25, 0.3) is 22.3 Å². The van der Waals surface area contributed by atoms with Crippen LogP contribution >= 0.6 is 0 Å². The fourth-order valence-corrected chi connectivity index (χ4v) is 3.75. The largest absolute Gasteiger partial charge is 0.494 e. The Bertz CT molecular complexity index is 1200. The summed E-state index contributed by atoms with van der Waals surface area (Å²) in [6.45, 7) is 3.26. The number of fused-ring (bicyclic) bond motifs is 2. The van der Waals surface area contributed by atoms with E-state index in [2.05, 4.69) is 9.88 Å². The smallest absolute Gasteiger partial charge is 0.163 e. The van der Waals surface area contributed by atoms with Crippen molar-refractivity contribution in [1.29, 1.82) is 0 Å². The van der Waals surface area contributed by atoms with Gasteiger partial charge in [0.05, 0.1) is 12.1 Å². The zero-order valence-corrected chi connectivity index (χ0v) is 16.0. The van der Waals surface area contributed by atoms with Gasteiger partial charge in [-0.15, -0.1) is 0 Å². The predicted octanol–water partition coefficient (Wildman–Crippen LogP) is 4.92. The van der Waals surface area contributed by atoms with Gasteiger partial charge < -0.3 is 9.64 Å². The first-order valence-corrected chi connectivity index (χ1v) is 9.64. The molecule has 5 nitrogen and oxygen atoms in total. The fourth-order valence-electron chi connectivity index (χ4n) is 3.75. The number of benzene rings is 2. The molecule has 0 atom stereocenters. The van der Waals surface area contributed by atoms with E-state index in [0.717, 1.165) is 52.3 Å². The molecule has 3 heterocycles. The number of ether oxygens (including phenoxy) is 1. The first kappa shape index (κ1) is 17.6. The van der Waals surface area contributed by atoms with Gasteiger partial charge in [-0.25, -0.2) is 14.4 Å². The first-order chi connectivity index (χ1) is 14.2. The van der Waals surface area contributed by atoms with Crippen LogP contribution in [-0.4, -0.2) is 28.1 Å². The molecule has 0 saturated heterocycles.